The van der Waals surface area contributed by atoms with Crippen LogP contribution in [-0.2, 0) is 4.74 Å². The standard InChI is InChI=1S/C21H31N3O3/c1-3-16-26-20-10-5-4-9-19(20)24-14-12-23(13-15-24)11-7-6-8-18-17-22(2)21(25)27-18/h3-5,9-10,16,18H,6-8,11-15,17H2,1-2H3. The quantitative estimate of drug-likeness (QED) is 0.517. The molecule has 2 fully saturated rings. The van der Waals surface area contributed by atoms with E-state index in [4.69, 9.17) is 9.47 Å². The molecule has 1 aromatic rings. The smallest absolute Gasteiger partial charge is 0.409 e. The number of benzene rings is 1. The highest BCUT2D eigenvalue weighted by atomic mass is 16.6. The Morgan fingerprint density at radius 1 is 1.19 bits per heavy atom. The van der Waals surface area contributed by atoms with Gasteiger partial charge in [-0.1, -0.05) is 18.2 Å². The third-order valence-electron chi connectivity index (χ3n) is 5.22. The van der Waals surface area contributed by atoms with Crippen molar-refractivity contribution in [2.24, 2.45) is 0 Å². The summed E-state index contributed by atoms with van der Waals surface area (Å²) in [5.74, 6) is 0.917. The van der Waals surface area contributed by atoms with E-state index in [1.807, 2.05) is 25.1 Å². The Kier molecular flexibility index (Phi) is 6.98. The average molecular weight is 373 g/mol. The van der Waals surface area contributed by atoms with Gasteiger partial charge in [0.1, 0.15) is 11.9 Å². The molecular formula is C21H31N3O3. The summed E-state index contributed by atoms with van der Waals surface area (Å²) >= 11 is 0. The summed E-state index contributed by atoms with van der Waals surface area (Å²) in [5, 5.41) is 0. The van der Waals surface area contributed by atoms with Crippen LogP contribution in [0, 0.1) is 0 Å². The predicted octanol–water partition coefficient (Wildman–Crippen LogP) is 3.34. The maximum absolute atomic E-state index is 11.4. The molecule has 2 saturated heterocycles. The van der Waals surface area contributed by atoms with Crippen molar-refractivity contribution in [3.05, 3.63) is 36.6 Å². The van der Waals surface area contributed by atoms with E-state index < -0.39 is 0 Å². The predicted molar refractivity (Wildman–Crippen MR) is 107 cm³/mol. The Labute approximate surface area is 162 Å². The molecule has 0 N–H and O–H groups in total. The maximum atomic E-state index is 11.4. The van der Waals surface area contributed by atoms with Crippen LogP contribution in [0.4, 0.5) is 10.5 Å². The number of likely N-dealkylation sites (N-methyl/N-ethyl adjacent to an activating group) is 1. The normalized spacial score (nSPS) is 21.1. The largest absolute Gasteiger partial charge is 0.463 e. The Morgan fingerprint density at radius 2 is 1.96 bits per heavy atom. The first-order valence-electron chi connectivity index (χ1n) is 9.93. The molecule has 0 aromatic heterocycles. The summed E-state index contributed by atoms with van der Waals surface area (Å²) < 4.78 is 11.1. The van der Waals surface area contributed by atoms with Crippen LogP contribution in [0.2, 0.25) is 0 Å². The first-order chi connectivity index (χ1) is 13.2. The number of unbranched alkanes of at least 4 members (excludes halogenated alkanes) is 1. The van der Waals surface area contributed by atoms with E-state index in [9.17, 15) is 4.79 Å². The van der Waals surface area contributed by atoms with Crippen LogP contribution in [0.1, 0.15) is 26.2 Å². The highest BCUT2D eigenvalue weighted by molar-refractivity contribution is 5.69. The van der Waals surface area contributed by atoms with Gasteiger partial charge in [-0.05, 0) is 44.9 Å². The van der Waals surface area contributed by atoms with Gasteiger partial charge >= 0.3 is 6.09 Å². The number of ether oxygens (including phenoxy) is 2. The van der Waals surface area contributed by atoms with Gasteiger partial charge in [0.25, 0.3) is 0 Å². The zero-order valence-corrected chi connectivity index (χ0v) is 16.5. The van der Waals surface area contributed by atoms with Gasteiger partial charge in [0.2, 0.25) is 0 Å². The number of piperazine rings is 1. The van der Waals surface area contributed by atoms with Gasteiger partial charge in [-0.3, -0.25) is 4.90 Å². The fraction of sp³-hybridized carbons (Fsp3) is 0.571. The van der Waals surface area contributed by atoms with Gasteiger partial charge in [0.15, 0.2) is 0 Å². The van der Waals surface area contributed by atoms with Gasteiger partial charge < -0.3 is 19.3 Å². The van der Waals surface area contributed by atoms with Crippen molar-refractivity contribution in [1.29, 1.82) is 0 Å². The minimum atomic E-state index is -0.185. The van der Waals surface area contributed by atoms with Gasteiger partial charge in [0, 0.05) is 33.2 Å². The lowest BCUT2D eigenvalue weighted by Crippen LogP contribution is -2.46. The molecule has 1 amide bonds. The van der Waals surface area contributed by atoms with Crippen molar-refractivity contribution in [2.45, 2.75) is 32.3 Å². The van der Waals surface area contributed by atoms with E-state index in [1.165, 1.54) is 5.69 Å². The highest BCUT2D eigenvalue weighted by Crippen LogP contribution is 2.29. The van der Waals surface area contributed by atoms with Gasteiger partial charge in [-0.2, -0.15) is 0 Å². The number of nitrogens with zero attached hydrogens (tertiary/aromatic N) is 3. The highest BCUT2D eigenvalue weighted by Gasteiger charge is 2.27. The van der Waals surface area contributed by atoms with Crippen molar-refractivity contribution in [3.8, 4) is 5.75 Å². The number of hydrogen-bond acceptors (Lipinski definition) is 5. The van der Waals surface area contributed by atoms with Crippen LogP contribution >= 0.6 is 0 Å². The summed E-state index contributed by atoms with van der Waals surface area (Å²) in [6.07, 6.45) is 6.74. The molecule has 2 aliphatic heterocycles. The zero-order chi connectivity index (χ0) is 19.1. The molecule has 0 spiro atoms. The number of rotatable bonds is 8. The Bertz CT molecular complexity index is 641. The first kappa shape index (κ1) is 19.5. The summed E-state index contributed by atoms with van der Waals surface area (Å²) in [5.41, 5.74) is 1.17. The first-order valence-corrected chi connectivity index (χ1v) is 9.93. The maximum Gasteiger partial charge on any atom is 0.409 e. The zero-order valence-electron chi connectivity index (χ0n) is 16.5. The number of para-hydroxylation sites is 2. The second-order valence-electron chi connectivity index (χ2n) is 7.27. The number of cyclic esters (lactones) is 1. The summed E-state index contributed by atoms with van der Waals surface area (Å²) in [7, 11) is 1.80. The Balaban J connectivity index is 1.37. The minimum Gasteiger partial charge on any atom is -0.463 e. The molecule has 27 heavy (non-hydrogen) atoms. The van der Waals surface area contributed by atoms with Crippen LogP contribution < -0.4 is 9.64 Å². The molecule has 0 aliphatic carbocycles. The third-order valence-corrected chi connectivity index (χ3v) is 5.22. The number of anilines is 1. The number of carbonyl (C=O) groups is 1. The van der Waals surface area contributed by atoms with Gasteiger partial charge in [-0.15, -0.1) is 0 Å². The van der Waals surface area contributed by atoms with Crippen molar-refractivity contribution in [1.82, 2.24) is 9.80 Å². The molecule has 6 nitrogen and oxygen atoms in total. The van der Waals surface area contributed by atoms with Crippen LogP contribution in [0.5, 0.6) is 5.75 Å². The monoisotopic (exact) mass is 373 g/mol. The molecule has 1 aromatic carbocycles. The van der Waals surface area contributed by atoms with Crippen LogP contribution in [0.15, 0.2) is 36.6 Å². The lowest BCUT2D eigenvalue weighted by Gasteiger charge is -2.36. The van der Waals surface area contributed by atoms with E-state index >= 15 is 0 Å². The number of hydrogen-bond donors (Lipinski definition) is 0. The van der Waals surface area contributed by atoms with Crippen molar-refractivity contribution in [2.75, 3.05) is 51.2 Å². The molecule has 6 heteroatoms. The molecule has 1 unspecified atom stereocenters. The number of amides is 1. The van der Waals surface area contributed by atoms with Crippen LogP contribution in [-0.4, -0.2) is 68.3 Å². The van der Waals surface area contributed by atoms with Crippen molar-refractivity contribution >= 4 is 11.8 Å². The van der Waals surface area contributed by atoms with Crippen LogP contribution in [0.3, 0.4) is 0 Å². The van der Waals surface area contributed by atoms with Gasteiger partial charge in [0.05, 0.1) is 18.5 Å². The van der Waals surface area contributed by atoms with Crippen molar-refractivity contribution < 1.29 is 14.3 Å². The number of carbonyl (C=O) groups excluding carboxylic acids is 1. The molecule has 3 rings (SSSR count). The fourth-order valence-corrected chi connectivity index (χ4v) is 3.68. The van der Waals surface area contributed by atoms with Gasteiger partial charge in [-0.25, -0.2) is 4.79 Å². The van der Waals surface area contributed by atoms with Crippen molar-refractivity contribution in [3.63, 3.8) is 0 Å². The number of allylic oxidation sites excluding steroid dienone is 1. The summed E-state index contributed by atoms with van der Waals surface area (Å²) in [4.78, 5) is 18.0. The average Bonchev–Trinajstić information content (AvgIpc) is 3.02. The van der Waals surface area contributed by atoms with E-state index in [0.717, 1.165) is 64.3 Å². The summed E-state index contributed by atoms with van der Waals surface area (Å²) in [6.45, 7) is 7.96. The minimum absolute atomic E-state index is 0.0769. The second kappa shape index (κ2) is 9.65. The Hall–Kier alpha value is -2.21. The molecule has 0 radical (unpaired) electrons. The van der Waals surface area contributed by atoms with E-state index in [-0.39, 0.29) is 12.2 Å². The molecule has 0 bridgehead atoms. The van der Waals surface area contributed by atoms with E-state index in [0.29, 0.717) is 0 Å². The summed E-state index contributed by atoms with van der Waals surface area (Å²) in [6, 6.07) is 8.23. The third kappa shape index (κ3) is 5.39. The lowest BCUT2D eigenvalue weighted by atomic mass is 10.1. The lowest BCUT2D eigenvalue weighted by molar-refractivity contribution is 0.128. The molecule has 2 heterocycles. The fourth-order valence-electron chi connectivity index (χ4n) is 3.68. The second-order valence-corrected chi connectivity index (χ2v) is 7.27. The molecule has 1 atom stereocenters. The van der Waals surface area contributed by atoms with E-state index in [2.05, 4.69) is 21.9 Å². The SMILES string of the molecule is CC=COc1ccccc1N1CCN(CCCCC2CN(C)C(=O)O2)CC1. The Morgan fingerprint density at radius 3 is 2.67 bits per heavy atom. The topological polar surface area (TPSA) is 45.2 Å². The molecular weight excluding hydrogens is 342 g/mol. The molecule has 2 aliphatic rings. The molecule has 0 saturated carbocycles. The molecule has 148 valence electrons. The van der Waals surface area contributed by atoms with E-state index in [1.54, 1.807) is 18.2 Å². The van der Waals surface area contributed by atoms with Crippen LogP contribution in [0.25, 0.3) is 0 Å².